The van der Waals surface area contributed by atoms with Crippen LogP contribution in [0.25, 0.3) is 0 Å². The van der Waals surface area contributed by atoms with Crippen molar-refractivity contribution in [3.8, 4) is 0 Å². The number of aliphatic hydroxyl groups excluding tert-OH is 1. The van der Waals surface area contributed by atoms with Crippen molar-refractivity contribution in [1.82, 2.24) is 0 Å². The molecule has 0 radical (unpaired) electrons. The van der Waals surface area contributed by atoms with E-state index >= 15 is 0 Å². The van der Waals surface area contributed by atoms with Crippen molar-refractivity contribution in [3.63, 3.8) is 0 Å². The molecule has 2 aromatic carbocycles. The molecule has 1 atom stereocenters. The summed E-state index contributed by atoms with van der Waals surface area (Å²) < 4.78 is 52.1. The van der Waals surface area contributed by atoms with Crippen molar-refractivity contribution in [3.05, 3.63) is 69.4 Å². The summed E-state index contributed by atoms with van der Waals surface area (Å²) in [5, 5.41) is 10.0. The van der Waals surface area contributed by atoms with Gasteiger partial charge in [0.05, 0.1) is 0 Å². The van der Waals surface area contributed by atoms with Gasteiger partial charge in [0, 0.05) is 10.0 Å². The highest BCUT2D eigenvalue weighted by Gasteiger charge is 2.38. The zero-order valence-electron chi connectivity index (χ0n) is 9.96. The Balaban J connectivity index is 2.54. The molecule has 20 heavy (non-hydrogen) atoms. The first-order chi connectivity index (χ1) is 9.32. The van der Waals surface area contributed by atoms with Gasteiger partial charge in [-0.05, 0) is 11.6 Å². The quantitative estimate of drug-likeness (QED) is 0.780. The normalized spacial score (nSPS) is 13.3. The fourth-order valence-electron chi connectivity index (χ4n) is 1.85. The highest BCUT2D eigenvalue weighted by atomic mass is 79.9. The Hall–Kier alpha value is -1.40. The van der Waals surface area contributed by atoms with E-state index in [-0.39, 0.29) is 0 Å². The van der Waals surface area contributed by atoms with Crippen molar-refractivity contribution < 1.29 is 22.7 Å². The van der Waals surface area contributed by atoms with Crippen LogP contribution in [0, 0.1) is 5.82 Å². The number of halogens is 5. The molecule has 0 spiro atoms. The van der Waals surface area contributed by atoms with Crippen molar-refractivity contribution in [1.29, 1.82) is 0 Å². The fraction of sp³-hybridized carbons (Fsp3) is 0.143. The lowest BCUT2D eigenvalue weighted by molar-refractivity contribution is -0.140. The standard InChI is InChI=1S/C14H9BrF4O/c15-10-7-6-9(12(16)11(10)14(17,18)19)13(20)8-4-2-1-3-5-8/h1-7,13,20H. The van der Waals surface area contributed by atoms with Gasteiger partial charge >= 0.3 is 6.18 Å². The minimum absolute atomic E-state index is 0.321. The molecule has 0 aromatic heterocycles. The molecule has 6 heteroatoms. The van der Waals surface area contributed by atoms with Gasteiger partial charge in [0.1, 0.15) is 17.5 Å². The van der Waals surface area contributed by atoms with E-state index in [1.54, 1.807) is 18.2 Å². The molecule has 106 valence electrons. The zero-order valence-corrected chi connectivity index (χ0v) is 11.5. The molecule has 0 aliphatic heterocycles. The summed E-state index contributed by atoms with van der Waals surface area (Å²) in [6.45, 7) is 0. The fourth-order valence-corrected chi connectivity index (χ4v) is 2.39. The number of alkyl halides is 3. The summed E-state index contributed by atoms with van der Waals surface area (Å²) in [7, 11) is 0. The second-order valence-electron chi connectivity index (χ2n) is 4.14. The maximum absolute atomic E-state index is 14.1. The molecule has 2 rings (SSSR count). The first-order valence-corrected chi connectivity index (χ1v) is 6.39. The Morgan fingerprint density at radius 3 is 2.15 bits per heavy atom. The van der Waals surface area contributed by atoms with Crippen LogP contribution in [0.2, 0.25) is 0 Å². The predicted molar refractivity (Wildman–Crippen MR) is 69.6 cm³/mol. The molecule has 2 aromatic rings. The van der Waals surface area contributed by atoms with Crippen molar-refractivity contribution in [2.45, 2.75) is 12.3 Å². The predicted octanol–water partition coefficient (Wildman–Crippen LogP) is 4.69. The maximum atomic E-state index is 14.1. The summed E-state index contributed by atoms with van der Waals surface area (Å²) in [6.07, 6.45) is -6.29. The third-order valence-corrected chi connectivity index (χ3v) is 3.48. The third kappa shape index (κ3) is 2.86. The second-order valence-corrected chi connectivity index (χ2v) is 4.99. The molecule has 1 N–H and O–H groups in total. The molecular formula is C14H9BrF4O. The number of rotatable bonds is 2. The number of benzene rings is 2. The van der Waals surface area contributed by atoms with Gasteiger partial charge in [-0.25, -0.2) is 4.39 Å². The van der Waals surface area contributed by atoms with Gasteiger partial charge in [0.2, 0.25) is 0 Å². The van der Waals surface area contributed by atoms with Crippen molar-refractivity contribution in [2.24, 2.45) is 0 Å². The lowest BCUT2D eigenvalue weighted by Gasteiger charge is -2.17. The van der Waals surface area contributed by atoms with Gasteiger partial charge in [-0.15, -0.1) is 0 Å². The molecule has 1 unspecified atom stereocenters. The van der Waals surface area contributed by atoms with Crippen LogP contribution in [0.1, 0.15) is 22.8 Å². The third-order valence-electron chi connectivity index (χ3n) is 2.81. The Bertz CT molecular complexity index is 611. The summed E-state index contributed by atoms with van der Waals surface area (Å²) in [4.78, 5) is 0. The van der Waals surface area contributed by atoms with Gasteiger partial charge in [0.25, 0.3) is 0 Å². The molecular weight excluding hydrogens is 340 g/mol. The molecule has 0 saturated carbocycles. The molecule has 1 nitrogen and oxygen atoms in total. The van der Waals surface area contributed by atoms with Crippen LogP contribution in [0.5, 0.6) is 0 Å². The van der Waals surface area contributed by atoms with Crippen LogP contribution in [-0.4, -0.2) is 5.11 Å². The summed E-state index contributed by atoms with van der Waals surface area (Å²) >= 11 is 2.68. The molecule has 0 bridgehead atoms. The zero-order chi connectivity index (χ0) is 14.9. The summed E-state index contributed by atoms with van der Waals surface area (Å²) in [5.74, 6) is -1.47. The number of aliphatic hydroxyl groups is 1. The van der Waals surface area contributed by atoms with E-state index in [1.165, 1.54) is 12.1 Å². The first-order valence-electron chi connectivity index (χ1n) is 5.60. The van der Waals surface area contributed by atoms with E-state index in [0.717, 1.165) is 12.1 Å². The lowest BCUT2D eigenvalue weighted by Crippen LogP contribution is -2.13. The number of hydrogen-bond donors (Lipinski definition) is 1. The second kappa shape index (κ2) is 5.54. The topological polar surface area (TPSA) is 20.2 Å². The molecule has 0 aliphatic carbocycles. The molecule has 0 saturated heterocycles. The van der Waals surface area contributed by atoms with Gasteiger partial charge in [0.15, 0.2) is 0 Å². The first kappa shape index (κ1) is 15.0. The van der Waals surface area contributed by atoms with Crippen LogP contribution in [-0.2, 0) is 6.18 Å². The number of hydrogen-bond acceptors (Lipinski definition) is 1. The van der Waals surface area contributed by atoms with Crippen molar-refractivity contribution >= 4 is 15.9 Å². The van der Waals surface area contributed by atoms with Crippen LogP contribution in [0.15, 0.2) is 46.9 Å². The molecule has 0 fully saturated rings. The highest BCUT2D eigenvalue weighted by Crippen LogP contribution is 2.39. The molecule has 0 heterocycles. The Labute approximate surface area is 121 Å². The van der Waals surface area contributed by atoms with Crippen LogP contribution in [0.3, 0.4) is 0 Å². The van der Waals surface area contributed by atoms with E-state index in [4.69, 9.17) is 0 Å². The summed E-state index contributed by atoms with van der Waals surface area (Å²) in [6, 6.07) is 10.1. The van der Waals surface area contributed by atoms with E-state index in [0.29, 0.717) is 5.56 Å². The Morgan fingerprint density at radius 1 is 1.00 bits per heavy atom. The SMILES string of the molecule is OC(c1ccccc1)c1ccc(Br)c(C(F)(F)F)c1F. The lowest BCUT2D eigenvalue weighted by atomic mass is 9.99. The average Bonchev–Trinajstić information content (AvgIpc) is 2.37. The maximum Gasteiger partial charge on any atom is 0.420 e. The highest BCUT2D eigenvalue weighted by molar-refractivity contribution is 9.10. The van der Waals surface area contributed by atoms with Gasteiger partial charge in [-0.1, -0.05) is 52.3 Å². The summed E-state index contributed by atoms with van der Waals surface area (Å²) in [5.41, 5.74) is -1.50. The average molecular weight is 349 g/mol. The van der Waals surface area contributed by atoms with Crippen LogP contribution < -0.4 is 0 Å². The molecule has 0 amide bonds. The minimum Gasteiger partial charge on any atom is -0.384 e. The van der Waals surface area contributed by atoms with Gasteiger partial charge in [-0.3, -0.25) is 0 Å². The smallest absolute Gasteiger partial charge is 0.384 e. The van der Waals surface area contributed by atoms with E-state index in [1.807, 2.05) is 0 Å². The van der Waals surface area contributed by atoms with Gasteiger partial charge in [-0.2, -0.15) is 13.2 Å². The minimum atomic E-state index is -4.84. The van der Waals surface area contributed by atoms with Crippen LogP contribution >= 0.6 is 15.9 Å². The Morgan fingerprint density at radius 2 is 1.60 bits per heavy atom. The van der Waals surface area contributed by atoms with E-state index < -0.39 is 33.7 Å². The van der Waals surface area contributed by atoms with E-state index in [2.05, 4.69) is 15.9 Å². The van der Waals surface area contributed by atoms with Crippen LogP contribution in [0.4, 0.5) is 17.6 Å². The monoisotopic (exact) mass is 348 g/mol. The molecule has 0 aliphatic rings. The van der Waals surface area contributed by atoms with Crippen molar-refractivity contribution in [2.75, 3.05) is 0 Å². The van der Waals surface area contributed by atoms with Gasteiger partial charge < -0.3 is 5.11 Å². The van der Waals surface area contributed by atoms with E-state index in [9.17, 15) is 22.7 Å². The largest absolute Gasteiger partial charge is 0.420 e. The Kier molecular flexibility index (Phi) is 4.15.